The SMILES string of the molecule is CC1CCN(C(=O)COc2ccccc2OCC(F)(F)F)C(CN)C1.Cl. The third kappa shape index (κ3) is 6.57. The first kappa shape index (κ1) is 22.4. The monoisotopic (exact) mass is 396 g/mol. The molecule has 0 spiro atoms. The lowest BCUT2D eigenvalue weighted by Gasteiger charge is -2.37. The highest BCUT2D eigenvalue weighted by molar-refractivity contribution is 5.85. The summed E-state index contributed by atoms with van der Waals surface area (Å²) in [5.74, 6) is 0.341. The molecule has 1 heterocycles. The second-order valence-electron chi connectivity index (χ2n) is 6.25. The first-order valence-electron chi connectivity index (χ1n) is 8.21. The summed E-state index contributed by atoms with van der Waals surface area (Å²) >= 11 is 0. The Balaban J connectivity index is 0.00000338. The molecular formula is C17H24ClF3N2O3. The number of para-hydroxylation sites is 2. The van der Waals surface area contributed by atoms with E-state index in [1.807, 2.05) is 0 Å². The molecule has 2 unspecified atom stereocenters. The van der Waals surface area contributed by atoms with Gasteiger partial charge < -0.3 is 20.1 Å². The second-order valence-corrected chi connectivity index (χ2v) is 6.25. The Bertz CT molecular complexity index is 587. The summed E-state index contributed by atoms with van der Waals surface area (Å²) < 4.78 is 47.1. The molecule has 2 atom stereocenters. The number of carbonyl (C=O) groups excluding carboxylic acids is 1. The zero-order chi connectivity index (χ0) is 18.4. The lowest BCUT2D eigenvalue weighted by molar-refractivity contribution is -0.153. The van der Waals surface area contributed by atoms with Crippen LogP contribution in [0.2, 0.25) is 0 Å². The lowest BCUT2D eigenvalue weighted by atomic mass is 9.92. The highest BCUT2D eigenvalue weighted by atomic mass is 35.5. The van der Waals surface area contributed by atoms with Gasteiger partial charge in [-0.25, -0.2) is 0 Å². The molecule has 0 saturated carbocycles. The van der Waals surface area contributed by atoms with Crippen molar-refractivity contribution in [3.05, 3.63) is 24.3 Å². The van der Waals surface area contributed by atoms with Gasteiger partial charge in [-0.05, 0) is 30.9 Å². The van der Waals surface area contributed by atoms with Gasteiger partial charge in [0.25, 0.3) is 5.91 Å². The summed E-state index contributed by atoms with van der Waals surface area (Å²) in [4.78, 5) is 14.1. The third-order valence-electron chi connectivity index (χ3n) is 4.16. The molecule has 1 saturated heterocycles. The van der Waals surface area contributed by atoms with E-state index in [-0.39, 0.29) is 42.5 Å². The molecule has 2 N–H and O–H groups in total. The highest BCUT2D eigenvalue weighted by Gasteiger charge is 2.30. The molecule has 0 aliphatic carbocycles. The van der Waals surface area contributed by atoms with Gasteiger partial charge in [0.05, 0.1) is 0 Å². The van der Waals surface area contributed by atoms with Crippen LogP contribution in [0, 0.1) is 5.92 Å². The smallest absolute Gasteiger partial charge is 0.422 e. The number of nitrogens with zero attached hydrogens (tertiary/aromatic N) is 1. The van der Waals surface area contributed by atoms with Gasteiger partial charge >= 0.3 is 6.18 Å². The number of alkyl halides is 3. The molecule has 26 heavy (non-hydrogen) atoms. The maximum absolute atomic E-state index is 12.4. The van der Waals surface area contributed by atoms with Crippen LogP contribution in [0.3, 0.4) is 0 Å². The summed E-state index contributed by atoms with van der Waals surface area (Å²) in [6, 6.07) is 5.95. The Morgan fingerprint density at radius 3 is 2.46 bits per heavy atom. The van der Waals surface area contributed by atoms with Gasteiger partial charge in [0.1, 0.15) is 0 Å². The molecule has 2 rings (SSSR count). The Morgan fingerprint density at radius 1 is 1.27 bits per heavy atom. The van der Waals surface area contributed by atoms with Gasteiger partial charge in [-0.1, -0.05) is 19.1 Å². The minimum atomic E-state index is -4.44. The number of benzene rings is 1. The van der Waals surface area contributed by atoms with Crippen molar-refractivity contribution >= 4 is 18.3 Å². The van der Waals surface area contributed by atoms with Gasteiger partial charge in [-0.3, -0.25) is 4.79 Å². The van der Waals surface area contributed by atoms with Crippen molar-refractivity contribution in [3.8, 4) is 11.5 Å². The number of hydrogen-bond acceptors (Lipinski definition) is 4. The molecule has 0 bridgehead atoms. The van der Waals surface area contributed by atoms with Gasteiger partial charge in [-0.15, -0.1) is 12.4 Å². The second kappa shape index (κ2) is 9.87. The highest BCUT2D eigenvalue weighted by Crippen LogP contribution is 2.29. The van der Waals surface area contributed by atoms with Crippen LogP contribution in [0.25, 0.3) is 0 Å². The Kier molecular flexibility index (Phi) is 8.49. The van der Waals surface area contributed by atoms with E-state index in [1.165, 1.54) is 18.2 Å². The normalized spacial score (nSPS) is 20.3. The van der Waals surface area contributed by atoms with Crippen LogP contribution < -0.4 is 15.2 Å². The fourth-order valence-electron chi connectivity index (χ4n) is 2.87. The van der Waals surface area contributed by atoms with E-state index in [0.717, 1.165) is 12.8 Å². The first-order valence-corrected chi connectivity index (χ1v) is 8.21. The number of rotatable bonds is 6. The third-order valence-corrected chi connectivity index (χ3v) is 4.16. The van der Waals surface area contributed by atoms with Gasteiger partial charge in [0.2, 0.25) is 0 Å². The van der Waals surface area contributed by atoms with Crippen LogP contribution in [-0.2, 0) is 4.79 Å². The number of piperidine rings is 1. The van der Waals surface area contributed by atoms with Gasteiger partial charge in [-0.2, -0.15) is 13.2 Å². The van der Waals surface area contributed by atoms with Gasteiger partial charge in [0, 0.05) is 19.1 Å². The molecule has 1 aliphatic heterocycles. The molecular weight excluding hydrogens is 373 g/mol. The van der Waals surface area contributed by atoms with Crippen molar-refractivity contribution in [2.45, 2.75) is 32.0 Å². The first-order chi connectivity index (χ1) is 11.8. The predicted octanol–water partition coefficient (Wildman–Crippen LogP) is 3.01. The molecule has 1 amide bonds. The number of amides is 1. The average Bonchev–Trinajstić information content (AvgIpc) is 2.57. The lowest BCUT2D eigenvalue weighted by Crippen LogP contribution is -2.50. The van der Waals surface area contributed by atoms with E-state index in [0.29, 0.717) is 19.0 Å². The zero-order valence-electron chi connectivity index (χ0n) is 14.5. The van der Waals surface area contributed by atoms with E-state index in [4.69, 9.17) is 15.2 Å². The molecule has 0 aromatic heterocycles. The van der Waals surface area contributed by atoms with Crippen LogP contribution in [-0.4, -0.2) is 49.3 Å². The molecule has 1 aromatic rings. The fraction of sp³-hybridized carbons (Fsp3) is 0.588. The number of nitrogens with two attached hydrogens (primary N) is 1. The largest absolute Gasteiger partial charge is 0.480 e. The number of likely N-dealkylation sites (tertiary alicyclic amines) is 1. The molecule has 1 fully saturated rings. The number of carbonyl (C=O) groups is 1. The van der Waals surface area contributed by atoms with Crippen molar-refractivity contribution in [1.29, 1.82) is 0 Å². The summed E-state index contributed by atoms with van der Waals surface area (Å²) in [6.45, 7) is 1.42. The number of ether oxygens (including phenoxy) is 2. The fourth-order valence-corrected chi connectivity index (χ4v) is 2.87. The minimum Gasteiger partial charge on any atom is -0.480 e. The zero-order valence-corrected chi connectivity index (χ0v) is 15.3. The molecule has 0 radical (unpaired) electrons. The maximum Gasteiger partial charge on any atom is 0.422 e. The predicted molar refractivity (Wildman–Crippen MR) is 93.7 cm³/mol. The maximum atomic E-state index is 12.4. The number of hydrogen-bond donors (Lipinski definition) is 1. The van der Waals surface area contributed by atoms with Crippen molar-refractivity contribution in [2.75, 3.05) is 26.3 Å². The van der Waals surface area contributed by atoms with Crippen molar-refractivity contribution in [1.82, 2.24) is 4.90 Å². The molecule has 1 aliphatic rings. The number of halogens is 4. The van der Waals surface area contributed by atoms with Crippen molar-refractivity contribution < 1.29 is 27.4 Å². The van der Waals surface area contributed by atoms with E-state index < -0.39 is 12.8 Å². The summed E-state index contributed by atoms with van der Waals surface area (Å²) in [5, 5.41) is 0. The topological polar surface area (TPSA) is 64.8 Å². The van der Waals surface area contributed by atoms with E-state index >= 15 is 0 Å². The minimum absolute atomic E-state index is 0. The van der Waals surface area contributed by atoms with E-state index in [9.17, 15) is 18.0 Å². The average molecular weight is 397 g/mol. The Hall–Kier alpha value is -1.67. The van der Waals surface area contributed by atoms with Crippen molar-refractivity contribution in [3.63, 3.8) is 0 Å². The Morgan fingerprint density at radius 2 is 1.88 bits per heavy atom. The molecule has 148 valence electrons. The van der Waals surface area contributed by atoms with E-state index in [2.05, 4.69) is 6.92 Å². The van der Waals surface area contributed by atoms with Crippen LogP contribution in [0.15, 0.2) is 24.3 Å². The Labute approximate surface area is 157 Å². The standard InChI is InChI=1S/C17H23F3N2O3.ClH/c1-12-6-7-22(13(8-12)9-21)16(23)10-24-14-4-2-3-5-15(14)25-11-17(18,19)20;/h2-5,12-13H,6-11,21H2,1H3;1H. The van der Waals surface area contributed by atoms with Crippen LogP contribution in [0.5, 0.6) is 11.5 Å². The quantitative estimate of drug-likeness (QED) is 0.802. The van der Waals surface area contributed by atoms with E-state index in [1.54, 1.807) is 11.0 Å². The van der Waals surface area contributed by atoms with Crippen LogP contribution in [0.1, 0.15) is 19.8 Å². The summed E-state index contributed by atoms with van der Waals surface area (Å²) in [6.07, 6.45) is -2.71. The van der Waals surface area contributed by atoms with Crippen LogP contribution in [0.4, 0.5) is 13.2 Å². The van der Waals surface area contributed by atoms with Gasteiger partial charge in [0.15, 0.2) is 24.7 Å². The molecule has 1 aromatic carbocycles. The molecule has 9 heteroatoms. The summed E-state index contributed by atoms with van der Waals surface area (Å²) in [7, 11) is 0. The molecule has 5 nitrogen and oxygen atoms in total. The van der Waals surface area contributed by atoms with Crippen molar-refractivity contribution in [2.24, 2.45) is 11.7 Å². The summed E-state index contributed by atoms with van der Waals surface area (Å²) in [5.41, 5.74) is 5.74. The van der Waals surface area contributed by atoms with Crippen LogP contribution >= 0.6 is 12.4 Å².